The van der Waals surface area contributed by atoms with Crippen molar-refractivity contribution in [1.29, 1.82) is 0 Å². The zero-order valence-electron chi connectivity index (χ0n) is 7.26. The highest BCUT2D eigenvalue weighted by Gasteiger charge is 2.08. The molecule has 1 aromatic rings. The number of benzene rings is 1. The lowest BCUT2D eigenvalue weighted by molar-refractivity contribution is 0.323. The zero-order chi connectivity index (χ0) is 8.39. The molecule has 1 N–H and O–H groups in total. The van der Waals surface area contributed by atoms with Gasteiger partial charge in [0.15, 0.2) is 0 Å². The number of anilines is 1. The number of fused-ring (bicyclic) bond motifs is 1. The van der Waals surface area contributed by atoms with Gasteiger partial charge in [0, 0.05) is 7.97 Å². The SMILES string of the molecule is CCc1ccc2c(c1)NCCO2.[HH]. The second-order valence-electron chi connectivity index (χ2n) is 2.96. The zero-order valence-corrected chi connectivity index (χ0v) is 7.26. The Morgan fingerprint density at radius 3 is 3.33 bits per heavy atom. The summed E-state index contributed by atoms with van der Waals surface area (Å²) in [6.45, 7) is 3.85. The van der Waals surface area contributed by atoms with Gasteiger partial charge in [0.2, 0.25) is 0 Å². The molecule has 2 rings (SSSR count). The molecule has 0 aliphatic carbocycles. The van der Waals surface area contributed by atoms with Crippen molar-refractivity contribution in [3.63, 3.8) is 0 Å². The molecular weight excluding hydrogens is 150 g/mol. The Hall–Kier alpha value is -1.18. The number of hydrogen-bond donors (Lipinski definition) is 1. The van der Waals surface area contributed by atoms with Gasteiger partial charge in [-0.25, -0.2) is 0 Å². The summed E-state index contributed by atoms with van der Waals surface area (Å²) >= 11 is 0. The van der Waals surface area contributed by atoms with E-state index in [9.17, 15) is 0 Å². The molecule has 0 fully saturated rings. The summed E-state index contributed by atoms with van der Waals surface area (Å²) in [6, 6.07) is 6.32. The van der Waals surface area contributed by atoms with Crippen LogP contribution in [0, 0.1) is 0 Å². The lowest BCUT2D eigenvalue weighted by Gasteiger charge is -2.19. The Morgan fingerprint density at radius 1 is 1.58 bits per heavy atom. The van der Waals surface area contributed by atoms with Crippen molar-refractivity contribution in [3.8, 4) is 5.75 Å². The monoisotopic (exact) mass is 165 g/mol. The van der Waals surface area contributed by atoms with Gasteiger partial charge in [-0.3, -0.25) is 0 Å². The number of hydrogen-bond acceptors (Lipinski definition) is 2. The van der Waals surface area contributed by atoms with E-state index in [1.807, 2.05) is 6.07 Å². The molecule has 1 aliphatic heterocycles. The minimum absolute atomic E-state index is 0. The van der Waals surface area contributed by atoms with Crippen molar-refractivity contribution in [1.82, 2.24) is 0 Å². The summed E-state index contributed by atoms with van der Waals surface area (Å²) in [6.07, 6.45) is 1.08. The second-order valence-corrected chi connectivity index (χ2v) is 2.96. The summed E-state index contributed by atoms with van der Waals surface area (Å²) in [7, 11) is 0. The number of nitrogens with one attached hydrogen (secondary N) is 1. The van der Waals surface area contributed by atoms with E-state index in [1.54, 1.807) is 0 Å². The van der Waals surface area contributed by atoms with Crippen LogP contribution in [0.3, 0.4) is 0 Å². The van der Waals surface area contributed by atoms with Crippen LogP contribution >= 0.6 is 0 Å². The molecule has 12 heavy (non-hydrogen) atoms. The average molecular weight is 165 g/mol. The fourth-order valence-electron chi connectivity index (χ4n) is 1.41. The molecule has 0 amide bonds. The molecule has 1 aromatic carbocycles. The Morgan fingerprint density at radius 2 is 2.50 bits per heavy atom. The molecule has 0 radical (unpaired) electrons. The van der Waals surface area contributed by atoms with E-state index in [0.717, 1.165) is 31.0 Å². The molecule has 66 valence electrons. The molecule has 0 saturated heterocycles. The van der Waals surface area contributed by atoms with Gasteiger partial charge < -0.3 is 10.1 Å². The van der Waals surface area contributed by atoms with E-state index in [2.05, 4.69) is 24.4 Å². The largest absolute Gasteiger partial charge is 0.490 e. The van der Waals surface area contributed by atoms with Gasteiger partial charge in [-0.1, -0.05) is 13.0 Å². The highest BCUT2D eigenvalue weighted by Crippen LogP contribution is 2.27. The molecule has 0 bridgehead atoms. The van der Waals surface area contributed by atoms with Crippen LogP contribution < -0.4 is 10.1 Å². The number of aryl methyl sites for hydroxylation is 1. The normalized spacial score (nSPS) is 14.4. The molecule has 0 saturated carbocycles. The van der Waals surface area contributed by atoms with Gasteiger partial charge in [-0.2, -0.15) is 0 Å². The van der Waals surface area contributed by atoms with Crippen LogP contribution in [0.25, 0.3) is 0 Å². The Balaban J connectivity index is 0.000000845. The van der Waals surface area contributed by atoms with E-state index >= 15 is 0 Å². The third-order valence-corrected chi connectivity index (χ3v) is 2.13. The maximum absolute atomic E-state index is 5.46. The van der Waals surface area contributed by atoms with Gasteiger partial charge in [0.05, 0.1) is 5.69 Å². The van der Waals surface area contributed by atoms with Crippen LogP contribution in [0.1, 0.15) is 13.9 Å². The molecule has 0 atom stereocenters. The maximum Gasteiger partial charge on any atom is 0.142 e. The van der Waals surface area contributed by atoms with E-state index in [1.165, 1.54) is 5.56 Å². The summed E-state index contributed by atoms with van der Waals surface area (Å²) in [5.74, 6) is 0.985. The van der Waals surface area contributed by atoms with Gasteiger partial charge in [-0.15, -0.1) is 0 Å². The van der Waals surface area contributed by atoms with Crippen LogP contribution in [-0.4, -0.2) is 13.2 Å². The van der Waals surface area contributed by atoms with E-state index in [0.29, 0.717) is 0 Å². The maximum atomic E-state index is 5.46. The smallest absolute Gasteiger partial charge is 0.142 e. The van der Waals surface area contributed by atoms with Crippen LogP contribution in [0.2, 0.25) is 0 Å². The first kappa shape index (κ1) is 7.47. The standard InChI is InChI=1S/C10H13NO.H2/c1-2-8-3-4-10-9(7-8)11-5-6-12-10;/h3-4,7,11H,2,5-6H2,1H3;1H. The second kappa shape index (κ2) is 3.05. The van der Waals surface area contributed by atoms with Crippen molar-refractivity contribution in [2.45, 2.75) is 13.3 Å². The minimum Gasteiger partial charge on any atom is -0.490 e. The first-order valence-corrected chi connectivity index (χ1v) is 4.40. The van der Waals surface area contributed by atoms with E-state index in [-0.39, 0.29) is 1.43 Å². The molecule has 2 nitrogen and oxygen atoms in total. The molecular formula is C10H15NO. The fourth-order valence-corrected chi connectivity index (χ4v) is 1.41. The van der Waals surface area contributed by atoms with Gasteiger partial charge >= 0.3 is 0 Å². The molecule has 2 heteroatoms. The van der Waals surface area contributed by atoms with E-state index in [4.69, 9.17) is 4.74 Å². The minimum atomic E-state index is 0. The van der Waals surface area contributed by atoms with Crippen molar-refractivity contribution in [2.75, 3.05) is 18.5 Å². The summed E-state index contributed by atoms with van der Waals surface area (Å²) in [5, 5.41) is 3.31. The third kappa shape index (κ3) is 1.24. The summed E-state index contributed by atoms with van der Waals surface area (Å²) < 4.78 is 5.46. The quantitative estimate of drug-likeness (QED) is 0.689. The topological polar surface area (TPSA) is 21.3 Å². The molecule has 0 spiro atoms. The van der Waals surface area contributed by atoms with Crippen LogP contribution in [0.5, 0.6) is 5.75 Å². The first-order valence-electron chi connectivity index (χ1n) is 4.40. The van der Waals surface area contributed by atoms with Gasteiger partial charge in [0.25, 0.3) is 0 Å². The van der Waals surface area contributed by atoms with Crippen LogP contribution in [0.4, 0.5) is 5.69 Å². The molecule has 0 unspecified atom stereocenters. The van der Waals surface area contributed by atoms with Crippen LogP contribution in [0.15, 0.2) is 18.2 Å². The molecule has 1 aliphatic rings. The average Bonchev–Trinajstić information content (AvgIpc) is 2.17. The number of ether oxygens (including phenoxy) is 1. The Labute approximate surface area is 74.0 Å². The third-order valence-electron chi connectivity index (χ3n) is 2.13. The lowest BCUT2D eigenvalue weighted by atomic mass is 10.1. The lowest BCUT2D eigenvalue weighted by Crippen LogP contribution is -2.17. The molecule has 0 aromatic heterocycles. The van der Waals surface area contributed by atoms with Crippen molar-refractivity contribution in [2.24, 2.45) is 0 Å². The fraction of sp³-hybridized carbons (Fsp3) is 0.400. The Kier molecular flexibility index (Phi) is 1.90. The summed E-state index contributed by atoms with van der Waals surface area (Å²) in [5.41, 5.74) is 2.49. The highest BCUT2D eigenvalue weighted by atomic mass is 16.5. The number of rotatable bonds is 1. The highest BCUT2D eigenvalue weighted by molar-refractivity contribution is 5.59. The van der Waals surface area contributed by atoms with Crippen LogP contribution in [-0.2, 0) is 6.42 Å². The molecule has 1 heterocycles. The van der Waals surface area contributed by atoms with Gasteiger partial charge in [0.1, 0.15) is 12.4 Å². The van der Waals surface area contributed by atoms with Crippen molar-refractivity contribution in [3.05, 3.63) is 23.8 Å². The first-order chi connectivity index (χ1) is 5.90. The predicted molar refractivity (Wildman–Crippen MR) is 51.9 cm³/mol. The summed E-state index contributed by atoms with van der Waals surface area (Å²) in [4.78, 5) is 0. The Bertz CT molecular complexity index is 288. The predicted octanol–water partition coefficient (Wildman–Crippen LogP) is 2.30. The van der Waals surface area contributed by atoms with E-state index < -0.39 is 0 Å². The van der Waals surface area contributed by atoms with Gasteiger partial charge in [-0.05, 0) is 24.1 Å². The van der Waals surface area contributed by atoms with Crippen molar-refractivity contribution < 1.29 is 6.16 Å². The van der Waals surface area contributed by atoms with Crippen molar-refractivity contribution >= 4 is 5.69 Å².